The standard InChI is InChI=1S/C18H25N3O4S/c1-13-10-18(22)19-17-5-4-15(11-16(13)17)26(23,24)20(3)12-14(2)21-6-8-25-9-7-21/h4-5,10-11,14H,6-9,12H2,1-3H3,(H,19,22). The van der Waals surface area contributed by atoms with Crippen LogP contribution in [0, 0.1) is 6.92 Å². The largest absolute Gasteiger partial charge is 0.379 e. The molecule has 1 unspecified atom stereocenters. The molecule has 1 aromatic heterocycles. The predicted molar refractivity (Wildman–Crippen MR) is 101 cm³/mol. The average Bonchev–Trinajstić information content (AvgIpc) is 2.61. The van der Waals surface area contributed by atoms with Gasteiger partial charge < -0.3 is 9.72 Å². The first-order chi connectivity index (χ1) is 12.3. The van der Waals surface area contributed by atoms with Crippen LogP contribution in [0.15, 0.2) is 34.0 Å². The summed E-state index contributed by atoms with van der Waals surface area (Å²) in [7, 11) is -2.00. The summed E-state index contributed by atoms with van der Waals surface area (Å²) in [6.45, 7) is 7.25. The second-order valence-electron chi connectivity index (χ2n) is 6.81. The third kappa shape index (κ3) is 3.83. The summed E-state index contributed by atoms with van der Waals surface area (Å²) in [6.07, 6.45) is 0. The molecule has 1 saturated heterocycles. The molecule has 26 heavy (non-hydrogen) atoms. The quantitative estimate of drug-likeness (QED) is 0.843. The first-order valence-electron chi connectivity index (χ1n) is 8.71. The van der Waals surface area contributed by atoms with Gasteiger partial charge in [0.2, 0.25) is 15.6 Å². The van der Waals surface area contributed by atoms with Crippen molar-refractivity contribution in [3.05, 3.63) is 40.2 Å². The normalized spacial score (nSPS) is 17.7. The summed E-state index contributed by atoms with van der Waals surface area (Å²) in [6, 6.07) is 6.41. The smallest absolute Gasteiger partial charge is 0.248 e. The molecule has 3 rings (SSSR count). The molecule has 1 N–H and O–H groups in total. The number of fused-ring (bicyclic) bond motifs is 1. The van der Waals surface area contributed by atoms with Crippen molar-refractivity contribution < 1.29 is 13.2 Å². The van der Waals surface area contributed by atoms with Gasteiger partial charge in [0.05, 0.1) is 18.1 Å². The van der Waals surface area contributed by atoms with Crippen LogP contribution in [0.1, 0.15) is 12.5 Å². The van der Waals surface area contributed by atoms with Crippen LogP contribution in [0.4, 0.5) is 0 Å². The van der Waals surface area contributed by atoms with Gasteiger partial charge in [-0.05, 0) is 37.6 Å². The van der Waals surface area contributed by atoms with Crippen LogP contribution < -0.4 is 5.56 Å². The topological polar surface area (TPSA) is 82.7 Å². The minimum Gasteiger partial charge on any atom is -0.379 e. The summed E-state index contributed by atoms with van der Waals surface area (Å²) >= 11 is 0. The minimum atomic E-state index is -3.61. The first kappa shape index (κ1) is 19.0. The maximum Gasteiger partial charge on any atom is 0.248 e. The van der Waals surface area contributed by atoms with Crippen molar-refractivity contribution in [1.29, 1.82) is 0 Å². The summed E-state index contributed by atoms with van der Waals surface area (Å²) in [5, 5.41) is 0.736. The number of H-pyrrole nitrogens is 1. The Balaban J connectivity index is 1.84. The van der Waals surface area contributed by atoms with Gasteiger partial charge in [0.25, 0.3) is 0 Å². The highest BCUT2D eigenvalue weighted by Crippen LogP contribution is 2.22. The van der Waals surface area contributed by atoms with E-state index in [4.69, 9.17) is 4.74 Å². The lowest BCUT2D eigenvalue weighted by molar-refractivity contribution is 0.0177. The first-order valence-corrected chi connectivity index (χ1v) is 10.1. The Morgan fingerprint density at radius 2 is 1.96 bits per heavy atom. The zero-order chi connectivity index (χ0) is 18.9. The molecule has 142 valence electrons. The van der Waals surface area contributed by atoms with Crippen molar-refractivity contribution in [3.8, 4) is 0 Å². The Hall–Kier alpha value is -1.74. The fourth-order valence-corrected chi connectivity index (χ4v) is 4.62. The third-order valence-corrected chi connectivity index (χ3v) is 6.74. The average molecular weight is 379 g/mol. The number of hydrogen-bond donors (Lipinski definition) is 1. The predicted octanol–water partition coefficient (Wildman–Crippen LogP) is 1.18. The molecular weight excluding hydrogens is 354 g/mol. The lowest BCUT2D eigenvalue weighted by Crippen LogP contribution is -2.47. The fourth-order valence-electron chi connectivity index (χ4n) is 3.35. The van der Waals surface area contributed by atoms with Crippen LogP contribution in [0.5, 0.6) is 0 Å². The number of pyridine rings is 1. The highest BCUT2D eigenvalue weighted by atomic mass is 32.2. The number of benzene rings is 1. The van der Waals surface area contributed by atoms with Crippen LogP contribution in [-0.2, 0) is 14.8 Å². The number of ether oxygens (including phenoxy) is 1. The molecule has 8 heteroatoms. The SMILES string of the molecule is Cc1cc(=O)[nH]c2ccc(S(=O)(=O)N(C)CC(C)N3CCOCC3)cc12. The number of aryl methyl sites for hydroxylation is 1. The van der Waals surface area contributed by atoms with Crippen LogP contribution in [0.25, 0.3) is 10.9 Å². The lowest BCUT2D eigenvalue weighted by Gasteiger charge is -2.34. The summed E-state index contributed by atoms with van der Waals surface area (Å²) in [4.78, 5) is 16.8. The Morgan fingerprint density at radius 3 is 2.65 bits per heavy atom. The molecule has 0 radical (unpaired) electrons. The Labute approximate surface area is 153 Å². The van der Waals surface area contributed by atoms with Crippen molar-refractivity contribution in [2.24, 2.45) is 0 Å². The highest BCUT2D eigenvalue weighted by Gasteiger charge is 2.26. The zero-order valence-electron chi connectivity index (χ0n) is 15.4. The van der Waals surface area contributed by atoms with Gasteiger partial charge >= 0.3 is 0 Å². The maximum atomic E-state index is 13.0. The van der Waals surface area contributed by atoms with Gasteiger partial charge in [-0.25, -0.2) is 8.42 Å². The maximum absolute atomic E-state index is 13.0. The molecule has 1 aliphatic heterocycles. The van der Waals surface area contributed by atoms with E-state index in [0.29, 0.717) is 25.3 Å². The molecule has 1 aliphatic rings. The van der Waals surface area contributed by atoms with E-state index in [1.165, 1.54) is 10.4 Å². The van der Waals surface area contributed by atoms with E-state index in [9.17, 15) is 13.2 Å². The van der Waals surface area contributed by atoms with Crippen LogP contribution in [0.3, 0.4) is 0 Å². The van der Waals surface area contributed by atoms with Gasteiger partial charge in [0, 0.05) is 49.7 Å². The van der Waals surface area contributed by atoms with Gasteiger partial charge in [-0.1, -0.05) is 0 Å². The number of rotatable bonds is 5. The molecule has 1 aromatic carbocycles. The highest BCUT2D eigenvalue weighted by molar-refractivity contribution is 7.89. The van der Waals surface area contributed by atoms with Crippen molar-refractivity contribution >= 4 is 20.9 Å². The lowest BCUT2D eigenvalue weighted by atomic mass is 10.1. The fraction of sp³-hybridized carbons (Fsp3) is 0.500. The Morgan fingerprint density at radius 1 is 1.27 bits per heavy atom. The summed E-state index contributed by atoms with van der Waals surface area (Å²) in [5.41, 5.74) is 1.20. The van der Waals surface area contributed by atoms with Crippen molar-refractivity contribution in [3.63, 3.8) is 0 Å². The van der Waals surface area contributed by atoms with E-state index in [1.807, 2.05) is 6.92 Å². The Kier molecular flexibility index (Phi) is 5.47. The van der Waals surface area contributed by atoms with Crippen molar-refractivity contribution in [1.82, 2.24) is 14.2 Å². The van der Waals surface area contributed by atoms with Crippen LogP contribution in [0.2, 0.25) is 0 Å². The number of nitrogens with one attached hydrogen (secondary N) is 1. The van der Waals surface area contributed by atoms with Crippen LogP contribution in [-0.4, -0.2) is 68.5 Å². The molecule has 1 atom stereocenters. The monoisotopic (exact) mass is 379 g/mol. The van der Waals surface area contributed by atoms with Gasteiger partial charge in [0.15, 0.2) is 0 Å². The number of morpholine rings is 1. The Bertz CT molecular complexity index is 949. The van der Waals surface area contributed by atoms with E-state index < -0.39 is 10.0 Å². The number of likely N-dealkylation sites (N-methyl/N-ethyl adjacent to an activating group) is 1. The second kappa shape index (κ2) is 7.48. The molecule has 2 aromatic rings. The van der Waals surface area contributed by atoms with E-state index in [1.54, 1.807) is 32.2 Å². The molecule has 2 heterocycles. The number of sulfonamides is 1. The molecule has 0 spiro atoms. The van der Waals surface area contributed by atoms with Crippen LogP contribution >= 0.6 is 0 Å². The second-order valence-corrected chi connectivity index (χ2v) is 8.85. The van der Waals surface area contributed by atoms with Crippen molar-refractivity contribution in [2.45, 2.75) is 24.8 Å². The van der Waals surface area contributed by atoms with E-state index in [-0.39, 0.29) is 16.5 Å². The summed E-state index contributed by atoms with van der Waals surface area (Å²) in [5.74, 6) is 0. The van der Waals surface area contributed by atoms with E-state index in [0.717, 1.165) is 24.0 Å². The van der Waals surface area contributed by atoms with Gasteiger partial charge in [-0.15, -0.1) is 0 Å². The number of nitrogens with zero attached hydrogens (tertiary/aromatic N) is 2. The van der Waals surface area contributed by atoms with E-state index >= 15 is 0 Å². The van der Waals surface area contributed by atoms with Gasteiger partial charge in [0.1, 0.15) is 0 Å². The molecule has 1 fully saturated rings. The molecule has 0 aliphatic carbocycles. The molecule has 0 bridgehead atoms. The zero-order valence-corrected chi connectivity index (χ0v) is 16.2. The van der Waals surface area contributed by atoms with Crippen molar-refractivity contribution in [2.75, 3.05) is 39.9 Å². The number of aromatic amines is 1. The molecule has 0 amide bonds. The minimum absolute atomic E-state index is 0.109. The number of hydrogen-bond acceptors (Lipinski definition) is 5. The van der Waals surface area contributed by atoms with E-state index in [2.05, 4.69) is 9.88 Å². The molecular formula is C18H25N3O4S. The number of aromatic nitrogens is 1. The molecule has 0 saturated carbocycles. The van der Waals surface area contributed by atoms with Gasteiger partial charge in [-0.3, -0.25) is 9.69 Å². The summed E-state index contributed by atoms with van der Waals surface area (Å²) < 4.78 is 32.7. The molecule has 7 nitrogen and oxygen atoms in total. The van der Waals surface area contributed by atoms with Gasteiger partial charge in [-0.2, -0.15) is 4.31 Å². The third-order valence-electron chi connectivity index (χ3n) is 4.92.